The lowest BCUT2D eigenvalue weighted by molar-refractivity contribution is -0.121. The molecule has 0 atom stereocenters. The number of hydrogen-bond acceptors (Lipinski definition) is 4. The molecule has 0 heterocycles. The molecule has 0 saturated carbocycles. The molecular formula is C22H26N2O4. The lowest BCUT2D eigenvalue weighted by Gasteiger charge is -2.13. The van der Waals surface area contributed by atoms with Crippen LogP contribution in [0.1, 0.15) is 22.3 Å². The molecule has 0 aliphatic heterocycles. The van der Waals surface area contributed by atoms with Gasteiger partial charge in [0.1, 0.15) is 11.5 Å². The van der Waals surface area contributed by atoms with E-state index in [1.165, 1.54) is 6.08 Å². The zero-order valence-electron chi connectivity index (χ0n) is 16.9. The molecule has 6 nitrogen and oxygen atoms in total. The van der Waals surface area contributed by atoms with Crippen LogP contribution in [0.5, 0.6) is 11.5 Å². The zero-order valence-corrected chi connectivity index (χ0v) is 16.9. The SMILES string of the molecule is COc1ccc(/C=C/C(=O)NCC(=O)Nc2c(C)cc(C)cc2C)c(OC)c1. The summed E-state index contributed by atoms with van der Waals surface area (Å²) < 4.78 is 10.4. The highest BCUT2D eigenvalue weighted by Crippen LogP contribution is 2.25. The van der Waals surface area contributed by atoms with Crippen molar-refractivity contribution in [3.8, 4) is 11.5 Å². The average molecular weight is 382 g/mol. The number of nitrogens with one attached hydrogen (secondary N) is 2. The fourth-order valence-corrected chi connectivity index (χ4v) is 2.91. The van der Waals surface area contributed by atoms with E-state index in [1.54, 1.807) is 38.5 Å². The number of anilines is 1. The molecule has 2 aromatic carbocycles. The molecule has 0 aliphatic rings. The summed E-state index contributed by atoms with van der Waals surface area (Å²) in [6.45, 7) is 5.78. The van der Waals surface area contributed by atoms with Crippen LogP contribution in [0.15, 0.2) is 36.4 Å². The van der Waals surface area contributed by atoms with Crippen molar-refractivity contribution in [1.29, 1.82) is 0 Å². The van der Waals surface area contributed by atoms with Gasteiger partial charge in [0.2, 0.25) is 11.8 Å². The summed E-state index contributed by atoms with van der Waals surface area (Å²) in [7, 11) is 3.12. The predicted octanol–water partition coefficient (Wildman–Crippen LogP) is 3.40. The quantitative estimate of drug-likeness (QED) is 0.720. The standard InChI is InChI=1S/C22H26N2O4/c1-14-10-15(2)22(16(3)11-14)24-21(26)13-23-20(25)9-7-17-6-8-18(27-4)12-19(17)28-5/h6-12H,13H2,1-5H3,(H,23,25)(H,24,26)/b9-7+. The second-order valence-corrected chi connectivity index (χ2v) is 6.48. The van der Waals surface area contributed by atoms with Gasteiger partial charge in [-0.05, 0) is 50.1 Å². The molecule has 0 bridgehead atoms. The van der Waals surface area contributed by atoms with Gasteiger partial charge in [0.05, 0.1) is 20.8 Å². The molecule has 0 aromatic heterocycles. The lowest BCUT2D eigenvalue weighted by Crippen LogP contribution is -2.32. The topological polar surface area (TPSA) is 76.7 Å². The van der Waals surface area contributed by atoms with E-state index in [-0.39, 0.29) is 18.4 Å². The number of methoxy groups -OCH3 is 2. The highest BCUT2D eigenvalue weighted by Gasteiger charge is 2.09. The van der Waals surface area contributed by atoms with Crippen molar-refractivity contribution in [1.82, 2.24) is 5.32 Å². The highest BCUT2D eigenvalue weighted by atomic mass is 16.5. The van der Waals surface area contributed by atoms with Gasteiger partial charge >= 0.3 is 0 Å². The third kappa shape index (κ3) is 5.61. The number of carbonyl (C=O) groups excluding carboxylic acids is 2. The van der Waals surface area contributed by atoms with Crippen LogP contribution in [-0.2, 0) is 9.59 Å². The Morgan fingerprint density at radius 3 is 2.29 bits per heavy atom. The van der Waals surface area contributed by atoms with Crippen LogP contribution in [-0.4, -0.2) is 32.6 Å². The Kier molecular flexibility index (Phi) is 7.21. The molecule has 6 heteroatoms. The van der Waals surface area contributed by atoms with Gasteiger partial charge < -0.3 is 20.1 Å². The molecule has 0 radical (unpaired) electrons. The van der Waals surface area contributed by atoms with E-state index >= 15 is 0 Å². The number of aryl methyl sites for hydroxylation is 3. The van der Waals surface area contributed by atoms with Crippen LogP contribution in [0.3, 0.4) is 0 Å². The maximum Gasteiger partial charge on any atom is 0.244 e. The minimum atomic E-state index is -0.370. The van der Waals surface area contributed by atoms with Crippen LogP contribution in [0.4, 0.5) is 5.69 Å². The van der Waals surface area contributed by atoms with Gasteiger partial charge in [0, 0.05) is 23.4 Å². The van der Waals surface area contributed by atoms with Gasteiger partial charge in [-0.2, -0.15) is 0 Å². The van der Waals surface area contributed by atoms with Gasteiger partial charge in [-0.1, -0.05) is 17.7 Å². The molecule has 2 amide bonds. The number of hydrogen-bond donors (Lipinski definition) is 2. The van der Waals surface area contributed by atoms with E-state index in [0.717, 1.165) is 27.9 Å². The fraction of sp³-hybridized carbons (Fsp3) is 0.273. The number of benzene rings is 2. The average Bonchev–Trinajstić information content (AvgIpc) is 2.67. The summed E-state index contributed by atoms with van der Waals surface area (Å²) in [6.07, 6.45) is 2.99. The normalized spacial score (nSPS) is 10.6. The summed E-state index contributed by atoms with van der Waals surface area (Å²) in [5.74, 6) is 0.604. The van der Waals surface area contributed by atoms with Crippen molar-refractivity contribution in [2.24, 2.45) is 0 Å². The van der Waals surface area contributed by atoms with Crippen LogP contribution in [0.25, 0.3) is 6.08 Å². The van der Waals surface area contributed by atoms with Gasteiger partial charge in [0.25, 0.3) is 0 Å². The monoisotopic (exact) mass is 382 g/mol. The van der Waals surface area contributed by atoms with Gasteiger partial charge in [-0.25, -0.2) is 0 Å². The molecule has 0 aliphatic carbocycles. The van der Waals surface area contributed by atoms with Crippen molar-refractivity contribution >= 4 is 23.6 Å². The first kappa shape index (κ1) is 21.0. The molecule has 148 valence electrons. The Labute approximate surface area is 165 Å². The van der Waals surface area contributed by atoms with E-state index in [1.807, 2.05) is 32.9 Å². The number of ether oxygens (including phenoxy) is 2. The van der Waals surface area contributed by atoms with Crippen molar-refractivity contribution in [2.45, 2.75) is 20.8 Å². The molecule has 0 saturated heterocycles. The molecular weight excluding hydrogens is 356 g/mol. The molecule has 28 heavy (non-hydrogen) atoms. The fourth-order valence-electron chi connectivity index (χ4n) is 2.91. The summed E-state index contributed by atoms with van der Waals surface area (Å²) in [5.41, 5.74) is 4.63. The van der Waals surface area contributed by atoms with Crippen LogP contribution >= 0.6 is 0 Å². The van der Waals surface area contributed by atoms with Crippen molar-refractivity contribution < 1.29 is 19.1 Å². The molecule has 0 fully saturated rings. The maximum absolute atomic E-state index is 12.2. The van der Waals surface area contributed by atoms with E-state index in [9.17, 15) is 9.59 Å². The zero-order chi connectivity index (χ0) is 20.7. The Hall–Kier alpha value is -3.28. The Balaban J connectivity index is 1.94. The molecule has 0 unspecified atom stereocenters. The first-order chi connectivity index (χ1) is 13.3. The minimum Gasteiger partial charge on any atom is -0.497 e. The first-order valence-electron chi connectivity index (χ1n) is 8.89. The maximum atomic E-state index is 12.2. The van der Waals surface area contributed by atoms with Gasteiger partial charge in [0.15, 0.2) is 0 Å². The largest absolute Gasteiger partial charge is 0.497 e. The smallest absolute Gasteiger partial charge is 0.244 e. The summed E-state index contributed by atoms with van der Waals surface area (Å²) >= 11 is 0. The summed E-state index contributed by atoms with van der Waals surface area (Å²) in [6, 6.07) is 9.31. The third-order valence-electron chi connectivity index (χ3n) is 4.22. The Morgan fingerprint density at radius 2 is 1.68 bits per heavy atom. The van der Waals surface area contributed by atoms with Crippen molar-refractivity contribution in [2.75, 3.05) is 26.1 Å². The summed E-state index contributed by atoms with van der Waals surface area (Å²) in [5, 5.41) is 5.43. The number of amides is 2. The molecule has 2 N–H and O–H groups in total. The number of carbonyl (C=O) groups is 2. The third-order valence-corrected chi connectivity index (χ3v) is 4.22. The van der Waals surface area contributed by atoms with Gasteiger partial charge in [-0.15, -0.1) is 0 Å². The minimum absolute atomic E-state index is 0.115. The molecule has 2 rings (SSSR count). The van der Waals surface area contributed by atoms with Crippen molar-refractivity contribution in [3.05, 3.63) is 58.7 Å². The Bertz CT molecular complexity index is 880. The molecule has 0 spiro atoms. The van der Waals surface area contributed by atoms with E-state index in [2.05, 4.69) is 10.6 Å². The molecule has 2 aromatic rings. The highest BCUT2D eigenvalue weighted by molar-refractivity contribution is 5.98. The number of rotatable bonds is 7. The summed E-state index contributed by atoms with van der Waals surface area (Å²) in [4.78, 5) is 24.2. The van der Waals surface area contributed by atoms with Crippen LogP contribution in [0, 0.1) is 20.8 Å². The van der Waals surface area contributed by atoms with E-state index in [4.69, 9.17) is 9.47 Å². The van der Waals surface area contributed by atoms with E-state index < -0.39 is 0 Å². The van der Waals surface area contributed by atoms with Crippen LogP contribution in [0.2, 0.25) is 0 Å². The van der Waals surface area contributed by atoms with Gasteiger partial charge in [-0.3, -0.25) is 9.59 Å². The second kappa shape index (κ2) is 9.60. The first-order valence-corrected chi connectivity index (χ1v) is 8.89. The second-order valence-electron chi connectivity index (χ2n) is 6.48. The predicted molar refractivity (Wildman–Crippen MR) is 111 cm³/mol. The van der Waals surface area contributed by atoms with E-state index in [0.29, 0.717) is 11.5 Å². The van der Waals surface area contributed by atoms with Crippen LogP contribution < -0.4 is 20.1 Å². The Morgan fingerprint density at radius 1 is 1.00 bits per heavy atom. The van der Waals surface area contributed by atoms with Crippen molar-refractivity contribution in [3.63, 3.8) is 0 Å². The lowest BCUT2D eigenvalue weighted by atomic mass is 10.1.